The third kappa shape index (κ3) is 6.42. The molecule has 0 radical (unpaired) electrons. The average Bonchev–Trinajstić information content (AvgIpc) is 2.69. The predicted molar refractivity (Wildman–Crippen MR) is 124 cm³/mol. The Kier molecular flexibility index (Phi) is 8.07. The van der Waals surface area contributed by atoms with Crippen molar-refractivity contribution in [1.82, 2.24) is 5.32 Å². The second-order valence-corrected chi connectivity index (χ2v) is 7.41. The molecule has 0 aliphatic carbocycles. The number of hydrogen-bond acceptors (Lipinski definition) is 1. The summed E-state index contributed by atoms with van der Waals surface area (Å²) in [6.45, 7) is 15.6. The Balaban J connectivity index is 0.000000261. The van der Waals surface area contributed by atoms with E-state index in [0.717, 1.165) is 18.7 Å². The van der Waals surface area contributed by atoms with Crippen LogP contribution in [0.2, 0.25) is 0 Å². The van der Waals surface area contributed by atoms with E-state index in [1.807, 2.05) is 6.07 Å². The highest BCUT2D eigenvalue weighted by molar-refractivity contribution is 5.64. The minimum Gasteiger partial charge on any atom is -0.381 e. The molecule has 0 aliphatic heterocycles. The Hall–Kier alpha value is -2.80. The van der Waals surface area contributed by atoms with Crippen LogP contribution in [-0.2, 0) is 13.0 Å². The lowest BCUT2D eigenvalue weighted by Crippen LogP contribution is -2.11. The van der Waals surface area contributed by atoms with Crippen molar-refractivity contribution >= 4 is 5.70 Å². The Morgan fingerprint density at radius 3 is 2.11 bits per heavy atom. The summed E-state index contributed by atoms with van der Waals surface area (Å²) in [4.78, 5) is 0. The van der Waals surface area contributed by atoms with Crippen LogP contribution in [0, 0.1) is 27.7 Å². The van der Waals surface area contributed by atoms with Gasteiger partial charge >= 0.3 is 0 Å². The molecule has 0 aromatic heterocycles. The molecule has 3 rings (SSSR count). The number of aryl methyl sites for hydroxylation is 5. The van der Waals surface area contributed by atoms with E-state index in [0.29, 0.717) is 0 Å². The fourth-order valence-corrected chi connectivity index (χ4v) is 3.06. The van der Waals surface area contributed by atoms with Crippen LogP contribution < -0.4 is 5.32 Å². The third-order valence-corrected chi connectivity index (χ3v) is 5.04. The van der Waals surface area contributed by atoms with Gasteiger partial charge in [-0.1, -0.05) is 85.8 Å². The first-order valence-electron chi connectivity index (χ1n) is 10.0. The summed E-state index contributed by atoms with van der Waals surface area (Å²) in [6, 6.07) is 23.5. The van der Waals surface area contributed by atoms with Gasteiger partial charge < -0.3 is 5.32 Å². The first-order valence-corrected chi connectivity index (χ1v) is 10.0. The van der Waals surface area contributed by atoms with Crippen molar-refractivity contribution in [3.63, 3.8) is 0 Å². The van der Waals surface area contributed by atoms with Gasteiger partial charge in [0.25, 0.3) is 0 Å². The number of rotatable bonds is 5. The molecule has 0 spiro atoms. The maximum Gasteiger partial charge on any atom is 0.0400 e. The van der Waals surface area contributed by atoms with E-state index in [1.165, 1.54) is 38.9 Å². The normalized spacial score (nSPS) is 10.0. The standard InChI is InChI=1S/C18H21N.C9H12/c1-13-9-10-17(11-15(13)3)12-19-16(4)18-8-6-5-7-14(18)2;1-3-9-6-4-5-8(2)7-9/h5-11,19H,4,12H2,1-3H3;4-7H,3H2,1-2H3. The fourth-order valence-electron chi connectivity index (χ4n) is 3.06. The first-order chi connectivity index (χ1) is 13.4. The van der Waals surface area contributed by atoms with Gasteiger partial charge in [0, 0.05) is 12.2 Å². The molecule has 0 heterocycles. The summed E-state index contributed by atoms with van der Waals surface area (Å²) in [7, 11) is 0. The van der Waals surface area contributed by atoms with Gasteiger partial charge in [0.2, 0.25) is 0 Å². The lowest BCUT2D eigenvalue weighted by Gasteiger charge is -2.13. The van der Waals surface area contributed by atoms with E-state index in [1.54, 1.807) is 0 Å². The second kappa shape index (κ2) is 10.5. The number of benzene rings is 3. The third-order valence-electron chi connectivity index (χ3n) is 5.04. The molecule has 0 fully saturated rings. The summed E-state index contributed by atoms with van der Waals surface area (Å²) in [5.74, 6) is 0. The van der Waals surface area contributed by atoms with Crippen LogP contribution in [0.15, 0.2) is 73.3 Å². The number of nitrogens with one attached hydrogen (secondary N) is 1. The van der Waals surface area contributed by atoms with Crippen molar-refractivity contribution < 1.29 is 0 Å². The molecule has 3 aromatic rings. The molecule has 0 saturated carbocycles. The SMILES string of the molecule is C=C(NCc1ccc(C)c(C)c1)c1ccccc1C.CCc1cccc(C)c1. The zero-order chi connectivity index (χ0) is 20.5. The van der Waals surface area contributed by atoms with E-state index in [9.17, 15) is 0 Å². The van der Waals surface area contributed by atoms with Gasteiger partial charge in [-0.05, 0) is 67.5 Å². The van der Waals surface area contributed by atoms with E-state index >= 15 is 0 Å². The summed E-state index contributed by atoms with van der Waals surface area (Å²) in [5, 5.41) is 3.41. The molecule has 1 heteroatoms. The minimum atomic E-state index is 0.814. The zero-order valence-electron chi connectivity index (χ0n) is 18.0. The molecule has 1 N–H and O–H groups in total. The Labute approximate surface area is 171 Å². The van der Waals surface area contributed by atoms with Crippen LogP contribution in [0.1, 0.15) is 45.9 Å². The molecule has 0 aliphatic rings. The van der Waals surface area contributed by atoms with E-state index in [2.05, 4.69) is 107 Å². The summed E-state index contributed by atoms with van der Waals surface area (Å²) >= 11 is 0. The van der Waals surface area contributed by atoms with Crippen molar-refractivity contribution in [1.29, 1.82) is 0 Å². The van der Waals surface area contributed by atoms with E-state index < -0.39 is 0 Å². The Morgan fingerprint density at radius 2 is 1.50 bits per heavy atom. The van der Waals surface area contributed by atoms with Gasteiger partial charge in [-0.3, -0.25) is 0 Å². The molecule has 3 aromatic carbocycles. The summed E-state index contributed by atoms with van der Waals surface area (Å²) in [6.07, 6.45) is 1.14. The maximum atomic E-state index is 4.13. The van der Waals surface area contributed by atoms with Crippen LogP contribution >= 0.6 is 0 Å². The smallest absolute Gasteiger partial charge is 0.0400 e. The Bertz CT molecular complexity index is 921. The van der Waals surface area contributed by atoms with Gasteiger partial charge in [0.1, 0.15) is 0 Å². The molecule has 1 nitrogen and oxygen atoms in total. The van der Waals surface area contributed by atoms with Gasteiger partial charge in [-0.2, -0.15) is 0 Å². The van der Waals surface area contributed by atoms with Crippen molar-refractivity contribution in [3.05, 3.63) is 112 Å². The molecule has 0 unspecified atom stereocenters. The molecule has 0 bridgehead atoms. The highest BCUT2D eigenvalue weighted by Gasteiger charge is 2.02. The molecular formula is C27H33N. The average molecular weight is 372 g/mol. The quantitative estimate of drug-likeness (QED) is 0.513. The fraction of sp³-hybridized carbons (Fsp3) is 0.259. The van der Waals surface area contributed by atoms with Crippen molar-refractivity contribution in [3.8, 4) is 0 Å². The van der Waals surface area contributed by atoms with Crippen LogP contribution in [0.5, 0.6) is 0 Å². The summed E-state index contributed by atoms with van der Waals surface area (Å²) in [5.41, 5.74) is 10.2. The number of hydrogen-bond donors (Lipinski definition) is 1. The molecule has 0 amide bonds. The van der Waals surface area contributed by atoms with E-state index in [-0.39, 0.29) is 0 Å². The van der Waals surface area contributed by atoms with Gasteiger partial charge in [-0.25, -0.2) is 0 Å². The first kappa shape index (κ1) is 21.5. The molecule has 0 atom stereocenters. The minimum absolute atomic E-state index is 0.814. The van der Waals surface area contributed by atoms with Crippen molar-refractivity contribution in [2.24, 2.45) is 0 Å². The highest BCUT2D eigenvalue weighted by atomic mass is 14.9. The Morgan fingerprint density at radius 1 is 0.750 bits per heavy atom. The predicted octanol–water partition coefficient (Wildman–Crippen LogP) is 6.93. The van der Waals surface area contributed by atoms with E-state index in [4.69, 9.17) is 0 Å². The van der Waals surface area contributed by atoms with Gasteiger partial charge in [0.05, 0.1) is 0 Å². The lowest BCUT2D eigenvalue weighted by molar-refractivity contribution is 0.888. The monoisotopic (exact) mass is 371 g/mol. The second-order valence-electron chi connectivity index (χ2n) is 7.41. The molecule has 28 heavy (non-hydrogen) atoms. The zero-order valence-corrected chi connectivity index (χ0v) is 18.0. The largest absolute Gasteiger partial charge is 0.381 e. The molecule has 146 valence electrons. The lowest BCUT2D eigenvalue weighted by atomic mass is 10.0. The topological polar surface area (TPSA) is 12.0 Å². The summed E-state index contributed by atoms with van der Waals surface area (Å²) < 4.78 is 0. The van der Waals surface area contributed by atoms with Crippen molar-refractivity contribution in [2.75, 3.05) is 0 Å². The van der Waals surface area contributed by atoms with Crippen LogP contribution in [-0.4, -0.2) is 0 Å². The van der Waals surface area contributed by atoms with Crippen molar-refractivity contribution in [2.45, 2.75) is 47.6 Å². The van der Waals surface area contributed by atoms with Crippen LogP contribution in [0.3, 0.4) is 0 Å². The molecule has 0 saturated heterocycles. The van der Waals surface area contributed by atoms with Crippen LogP contribution in [0.25, 0.3) is 5.70 Å². The van der Waals surface area contributed by atoms with Crippen LogP contribution in [0.4, 0.5) is 0 Å². The van der Waals surface area contributed by atoms with Gasteiger partial charge in [0.15, 0.2) is 0 Å². The molecular weight excluding hydrogens is 338 g/mol. The van der Waals surface area contributed by atoms with Gasteiger partial charge in [-0.15, -0.1) is 0 Å². The highest BCUT2D eigenvalue weighted by Crippen LogP contribution is 2.16. The maximum absolute atomic E-state index is 4.13.